The van der Waals surface area contributed by atoms with E-state index in [4.69, 9.17) is 11.6 Å². The summed E-state index contributed by atoms with van der Waals surface area (Å²) in [6.07, 6.45) is 0. The normalized spacial score (nSPS) is 11.1. The van der Waals surface area contributed by atoms with Crippen LogP contribution in [0.3, 0.4) is 0 Å². The smallest absolute Gasteiger partial charge is 0.308 e. The molecule has 0 saturated heterocycles. The van der Waals surface area contributed by atoms with Gasteiger partial charge in [-0.1, -0.05) is 17.7 Å². The number of amides is 2. The van der Waals surface area contributed by atoms with Crippen molar-refractivity contribution in [1.29, 1.82) is 0 Å². The summed E-state index contributed by atoms with van der Waals surface area (Å²) in [6, 6.07) is 12.2. The molecule has 0 atom stereocenters. The summed E-state index contributed by atoms with van der Waals surface area (Å²) >= 11 is 6.05. The van der Waals surface area contributed by atoms with Gasteiger partial charge in [0.1, 0.15) is 0 Å². The van der Waals surface area contributed by atoms with Crippen LogP contribution >= 0.6 is 11.6 Å². The number of benzene rings is 2. The van der Waals surface area contributed by atoms with Crippen LogP contribution in [0, 0.1) is 20.8 Å². The average Bonchev–Trinajstić information content (AvgIpc) is 2.64. The lowest BCUT2D eigenvalue weighted by atomic mass is 10.2. The quantitative estimate of drug-likeness (QED) is 0.535. The van der Waals surface area contributed by atoms with E-state index in [9.17, 15) is 13.2 Å². The molecule has 1 heterocycles. The van der Waals surface area contributed by atoms with E-state index in [0.717, 1.165) is 5.56 Å². The van der Waals surface area contributed by atoms with Crippen LogP contribution in [0.15, 0.2) is 53.4 Å². The van der Waals surface area contributed by atoms with Crippen LogP contribution in [0.2, 0.25) is 5.02 Å². The number of anilines is 3. The molecule has 1 aromatic heterocycles. The minimum Gasteiger partial charge on any atom is -0.308 e. The fraction of sp³-hybridized carbons (Fsp3) is 0.150. The zero-order valence-electron chi connectivity index (χ0n) is 16.5. The molecule has 0 aliphatic heterocycles. The first-order chi connectivity index (χ1) is 14.1. The lowest BCUT2D eigenvalue weighted by Crippen LogP contribution is -2.20. The Kier molecular flexibility index (Phi) is 6.23. The molecular weight excluding hydrogens is 426 g/mol. The predicted octanol–water partition coefficient (Wildman–Crippen LogP) is 4.50. The highest BCUT2D eigenvalue weighted by atomic mass is 35.5. The third-order valence-corrected chi connectivity index (χ3v) is 5.90. The van der Waals surface area contributed by atoms with Crippen LogP contribution in [0.25, 0.3) is 0 Å². The number of aryl methyl sites for hydroxylation is 2. The summed E-state index contributed by atoms with van der Waals surface area (Å²) in [5.74, 6) is 0.00553. The Morgan fingerprint density at radius 3 is 2.20 bits per heavy atom. The van der Waals surface area contributed by atoms with Crippen molar-refractivity contribution >= 4 is 45.0 Å². The molecule has 156 valence electrons. The Hall–Kier alpha value is -3.17. The van der Waals surface area contributed by atoms with Crippen molar-refractivity contribution in [3.05, 3.63) is 70.5 Å². The molecule has 3 N–H and O–H groups in total. The Labute approximate surface area is 179 Å². The molecular formula is C20H20ClN5O3S. The number of hydrogen-bond acceptors (Lipinski definition) is 5. The first-order valence-electron chi connectivity index (χ1n) is 8.92. The molecule has 0 saturated carbocycles. The molecule has 30 heavy (non-hydrogen) atoms. The Morgan fingerprint density at radius 1 is 0.933 bits per heavy atom. The van der Waals surface area contributed by atoms with Gasteiger partial charge in [-0.25, -0.2) is 27.9 Å². The number of sulfonamides is 1. The zero-order chi connectivity index (χ0) is 21.9. The fourth-order valence-corrected chi connectivity index (χ4v) is 3.81. The van der Waals surface area contributed by atoms with Gasteiger partial charge in [0, 0.05) is 27.8 Å². The van der Waals surface area contributed by atoms with Crippen LogP contribution in [-0.2, 0) is 10.0 Å². The minimum absolute atomic E-state index is 0.00553. The van der Waals surface area contributed by atoms with Crippen molar-refractivity contribution in [1.82, 2.24) is 9.97 Å². The maximum atomic E-state index is 12.6. The molecule has 0 spiro atoms. The molecule has 0 bridgehead atoms. The molecule has 0 aliphatic rings. The molecule has 8 nitrogen and oxygen atoms in total. The maximum absolute atomic E-state index is 12.6. The molecule has 2 amide bonds. The zero-order valence-corrected chi connectivity index (χ0v) is 18.1. The van der Waals surface area contributed by atoms with Crippen LogP contribution in [0.1, 0.15) is 17.0 Å². The number of urea groups is 1. The monoisotopic (exact) mass is 445 g/mol. The van der Waals surface area contributed by atoms with Gasteiger partial charge < -0.3 is 10.6 Å². The van der Waals surface area contributed by atoms with E-state index >= 15 is 0 Å². The topological polar surface area (TPSA) is 113 Å². The van der Waals surface area contributed by atoms with E-state index in [0.29, 0.717) is 27.8 Å². The summed E-state index contributed by atoms with van der Waals surface area (Å²) < 4.78 is 27.5. The first-order valence-corrected chi connectivity index (χ1v) is 10.8. The van der Waals surface area contributed by atoms with E-state index in [1.165, 1.54) is 24.3 Å². The van der Waals surface area contributed by atoms with Crippen molar-refractivity contribution in [2.75, 3.05) is 15.4 Å². The van der Waals surface area contributed by atoms with Gasteiger partial charge in [0.15, 0.2) is 0 Å². The van der Waals surface area contributed by atoms with Gasteiger partial charge in [-0.05, 0) is 68.8 Å². The van der Waals surface area contributed by atoms with Crippen LogP contribution in [0.4, 0.5) is 22.1 Å². The van der Waals surface area contributed by atoms with Crippen molar-refractivity contribution in [2.45, 2.75) is 25.7 Å². The van der Waals surface area contributed by atoms with Crippen LogP contribution in [-0.4, -0.2) is 24.4 Å². The second kappa shape index (κ2) is 8.68. The standard InChI is InChI=1S/C20H20ClN5O3S/c1-12-11-13(2)23-19(22-12)26-30(28,29)16-9-7-15(8-10-16)24-20(27)25-18-6-4-5-17(21)14(18)3/h4-11H,1-3H3,(H,22,23,26)(H2,24,25,27). The molecule has 0 aliphatic carbocycles. The van der Waals surface area contributed by atoms with Crippen LogP contribution in [0.5, 0.6) is 0 Å². The second-order valence-corrected chi connectivity index (χ2v) is 8.69. The molecule has 0 radical (unpaired) electrons. The Bertz CT molecular complexity index is 1180. The number of hydrogen-bond donors (Lipinski definition) is 3. The molecule has 0 fully saturated rings. The highest BCUT2D eigenvalue weighted by Crippen LogP contribution is 2.23. The van der Waals surface area contributed by atoms with Gasteiger partial charge in [0.2, 0.25) is 5.95 Å². The maximum Gasteiger partial charge on any atom is 0.323 e. The van der Waals surface area contributed by atoms with Gasteiger partial charge in [-0.15, -0.1) is 0 Å². The summed E-state index contributed by atoms with van der Waals surface area (Å²) in [4.78, 5) is 20.4. The highest BCUT2D eigenvalue weighted by Gasteiger charge is 2.16. The van der Waals surface area contributed by atoms with E-state index in [1.807, 2.05) is 0 Å². The van der Waals surface area contributed by atoms with Crippen molar-refractivity contribution in [3.63, 3.8) is 0 Å². The van der Waals surface area contributed by atoms with Gasteiger partial charge in [0.25, 0.3) is 10.0 Å². The Balaban J connectivity index is 1.69. The summed E-state index contributed by atoms with van der Waals surface area (Å²) in [6.45, 7) is 5.30. The first kappa shape index (κ1) is 21.5. The molecule has 3 aromatic rings. The lowest BCUT2D eigenvalue weighted by molar-refractivity contribution is 0.262. The molecule has 0 unspecified atom stereocenters. The number of rotatable bonds is 5. The van der Waals surface area contributed by atoms with Crippen molar-refractivity contribution in [2.24, 2.45) is 0 Å². The van der Waals surface area contributed by atoms with Crippen LogP contribution < -0.4 is 15.4 Å². The lowest BCUT2D eigenvalue weighted by Gasteiger charge is -2.11. The largest absolute Gasteiger partial charge is 0.323 e. The number of nitrogens with one attached hydrogen (secondary N) is 3. The third-order valence-electron chi connectivity index (χ3n) is 4.15. The number of aromatic nitrogens is 2. The second-order valence-electron chi connectivity index (χ2n) is 6.60. The number of nitrogens with zero attached hydrogens (tertiary/aromatic N) is 2. The molecule has 3 rings (SSSR count). The summed E-state index contributed by atoms with van der Waals surface area (Å²) in [5, 5.41) is 5.90. The van der Waals surface area contributed by atoms with E-state index in [1.54, 1.807) is 45.0 Å². The van der Waals surface area contributed by atoms with Gasteiger partial charge in [-0.2, -0.15) is 0 Å². The summed E-state index contributed by atoms with van der Waals surface area (Å²) in [5.41, 5.74) is 3.06. The van der Waals surface area contributed by atoms with E-state index in [-0.39, 0.29) is 10.8 Å². The van der Waals surface area contributed by atoms with Gasteiger partial charge in [-0.3, -0.25) is 0 Å². The SMILES string of the molecule is Cc1cc(C)nc(NS(=O)(=O)c2ccc(NC(=O)Nc3cccc(Cl)c3C)cc2)n1. The van der Waals surface area contributed by atoms with Crippen molar-refractivity contribution < 1.29 is 13.2 Å². The molecule has 2 aromatic carbocycles. The van der Waals surface area contributed by atoms with Crippen molar-refractivity contribution in [3.8, 4) is 0 Å². The fourth-order valence-electron chi connectivity index (χ4n) is 2.70. The predicted molar refractivity (Wildman–Crippen MR) is 118 cm³/mol. The number of halogens is 1. The van der Waals surface area contributed by atoms with E-state index in [2.05, 4.69) is 25.3 Å². The Morgan fingerprint density at radius 2 is 1.57 bits per heavy atom. The van der Waals surface area contributed by atoms with Gasteiger partial charge >= 0.3 is 6.03 Å². The highest BCUT2D eigenvalue weighted by molar-refractivity contribution is 7.92. The minimum atomic E-state index is -3.87. The average molecular weight is 446 g/mol. The number of carbonyl (C=O) groups excluding carboxylic acids is 1. The third kappa shape index (κ3) is 5.25. The molecule has 10 heteroatoms. The number of carbonyl (C=O) groups is 1. The van der Waals surface area contributed by atoms with Gasteiger partial charge in [0.05, 0.1) is 4.90 Å². The van der Waals surface area contributed by atoms with E-state index < -0.39 is 16.1 Å². The summed E-state index contributed by atoms with van der Waals surface area (Å²) in [7, 11) is -3.87.